The summed E-state index contributed by atoms with van der Waals surface area (Å²) in [6, 6.07) is 17.7. The van der Waals surface area contributed by atoms with Crippen LogP contribution in [0.25, 0.3) is 22.4 Å². The summed E-state index contributed by atoms with van der Waals surface area (Å²) in [5.74, 6) is 6.36. The molecule has 0 N–H and O–H groups in total. The van der Waals surface area contributed by atoms with Gasteiger partial charge in [-0.3, -0.25) is 0 Å². The van der Waals surface area contributed by atoms with Crippen molar-refractivity contribution in [1.29, 1.82) is 0 Å². The number of hydrogen-bond donors (Lipinski definition) is 0. The van der Waals surface area contributed by atoms with Gasteiger partial charge in [0.05, 0.1) is 5.52 Å². The first-order chi connectivity index (χ1) is 12.7. The van der Waals surface area contributed by atoms with Crippen LogP contribution in [0.15, 0.2) is 66.9 Å². The van der Waals surface area contributed by atoms with Crippen LogP contribution in [0.2, 0.25) is 0 Å². The lowest BCUT2D eigenvalue weighted by Crippen LogP contribution is -1.96. The first kappa shape index (κ1) is 15.9. The molecule has 0 fully saturated rings. The highest BCUT2D eigenvalue weighted by Crippen LogP contribution is 2.18. The van der Waals surface area contributed by atoms with E-state index in [2.05, 4.69) is 26.8 Å². The minimum Gasteiger partial charge on any atom is -0.236 e. The molecule has 0 aliphatic carbocycles. The fraction of sp³-hybridized carbons (Fsp3) is 0.0455. The van der Waals surface area contributed by atoms with Gasteiger partial charge in [0.1, 0.15) is 17.2 Å². The Bertz CT molecular complexity index is 1160. The highest BCUT2D eigenvalue weighted by atomic mass is 19.1. The smallest absolute Gasteiger partial charge is 0.178 e. The summed E-state index contributed by atoms with van der Waals surface area (Å²) >= 11 is 0. The van der Waals surface area contributed by atoms with Crippen LogP contribution in [-0.4, -0.2) is 15.0 Å². The second-order valence-electron chi connectivity index (χ2n) is 5.87. The second kappa shape index (κ2) is 6.73. The fourth-order valence-corrected chi connectivity index (χ4v) is 2.54. The monoisotopic (exact) mass is 339 g/mol. The first-order valence-corrected chi connectivity index (χ1v) is 8.16. The molecule has 2 heterocycles. The molecular weight excluding hydrogens is 325 g/mol. The van der Waals surface area contributed by atoms with Crippen molar-refractivity contribution in [3.8, 4) is 23.4 Å². The summed E-state index contributed by atoms with van der Waals surface area (Å²) in [6.45, 7) is 1.95. The lowest BCUT2D eigenvalue weighted by molar-refractivity contribution is 0.627. The van der Waals surface area contributed by atoms with E-state index in [0.29, 0.717) is 17.2 Å². The normalized spacial score (nSPS) is 10.4. The van der Waals surface area contributed by atoms with E-state index in [4.69, 9.17) is 0 Å². The Morgan fingerprint density at radius 2 is 1.65 bits per heavy atom. The van der Waals surface area contributed by atoms with Crippen molar-refractivity contribution < 1.29 is 4.39 Å². The Morgan fingerprint density at radius 3 is 2.50 bits per heavy atom. The van der Waals surface area contributed by atoms with Gasteiger partial charge < -0.3 is 0 Å². The van der Waals surface area contributed by atoms with Gasteiger partial charge in [-0.15, -0.1) is 0 Å². The minimum absolute atomic E-state index is 0.277. The van der Waals surface area contributed by atoms with E-state index in [0.717, 1.165) is 22.0 Å². The van der Waals surface area contributed by atoms with E-state index in [1.54, 1.807) is 18.3 Å². The summed E-state index contributed by atoms with van der Waals surface area (Å²) in [7, 11) is 0. The maximum atomic E-state index is 13.0. The lowest BCUT2D eigenvalue weighted by atomic mass is 10.1. The third kappa shape index (κ3) is 3.28. The first-order valence-electron chi connectivity index (χ1n) is 8.16. The molecule has 0 saturated heterocycles. The standard InChI is InChI=1S/C22H14FN3/c1-15-6-12-21(22-24-14-17-4-2-3-5-20(17)26-22)25-19(15)13-9-16-7-10-18(23)11-8-16/h2-8,10-12,14H,1H3. The SMILES string of the molecule is Cc1ccc(-c2ncc3ccccc3n2)nc1C#Cc1ccc(F)cc1. The average molecular weight is 339 g/mol. The molecule has 0 bridgehead atoms. The van der Waals surface area contributed by atoms with Crippen molar-refractivity contribution in [3.05, 3.63) is 89.5 Å². The van der Waals surface area contributed by atoms with Gasteiger partial charge in [0.2, 0.25) is 0 Å². The summed E-state index contributed by atoms with van der Waals surface area (Å²) in [6.07, 6.45) is 1.79. The molecule has 0 amide bonds. The maximum Gasteiger partial charge on any atom is 0.178 e. The maximum absolute atomic E-state index is 13.0. The van der Waals surface area contributed by atoms with Gasteiger partial charge in [-0.25, -0.2) is 19.3 Å². The molecule has 26 heavy (non-hydrogen) atoms. The van der Waals surface area contributed by atoms with E-state index >= 15 is 0 Å². The van der Waals surface area contributed by atoms with E-state index < -0.39 is 0 Å². The predicted octanol–water partition coefficient (Wildman–Crippen LogP) is 4.54. The van der Waals surface area contributed by atoms with Crippen LogP contribution >= 0.6 is 0 Å². The third-order valence-corrected chi connectivity index (χ3v) is 3.98. The number of pyridine rings is 1. The van der Waals surface area contributed by atoms with Crippen LogP contribution in [-0.2, 0) is 0 Å². The van der Waals surface area contributed by atoms with Crippen molar-refractivity contribution in [2.75, 3.05) is 0 Å². The summed E-state index contributed by atoms with van der Waals surface area (Å²) < 4.78 is 13.0. The molecule has 0 spiro atoms. The van der Waals surface area contributed by atoms with E-state index in [1.165, 1.54) is 12.1 Å². The minimum atomic E-state index is -0.277. The summed E-state index contributed by atoms with van der Waals surface area (Å²) in [5, 5.41) is 0.986. The number of nitrogens with zero attached hydrogens (tertiary/aromatic N) is 3. The largest absolute Gasteiger partial charge is 0.236 e. The van der Waals surface area contributed by atoms with Gasteiger partial charge in [0.25, 0.3) is 0 Å². The van der Waals surface area contributed by atoms with Gasteiger partial charge in [-0.05, 0) is 54.8 Å². The Balaban J connectivity index is 1.72. The number of halogens is 1. The Hall–Kier alpha value is -3.58. The molecule has 2 aromatic heterocycles. The van der Waals surface area contributed by atoms with Crippen LogP contribution in [0, 0.1) is 24.6 Å². The molecule has 4 aromatic rings. The second-order valence-corrected chi connectivity index (χ2v) is 5.87. The Kier molecular flexibility index (Phi) is 4.12. The molecule has 3 nitrogen and oxygen atoms in total. The van der Waals surface area contributed by atoms with Crippen LogP contribution in [0.5, 0.6) is 0 Å². The molecule has 0 atom stereocenters. The molecule has 2 aromatic carbocycles. The van der Waals surface area contributed by atoms with Gasteiger partial charge in [0.15, 0.2) is 5.82 Å². The van der Waals surface area contributed by atoms with Crippen molar-refractivity contribution in [3.63, 3.8) is 0 Å². The molecule has 0 aliphatic rings. The van der Waals surface area contributed by atoms with Crippen LogP contribution in [0.1, 0.15) is 16.8 Å². The van der Waals surface area contributed by atoms with Crippen LogP contribution in [0.3, 0.4) is 0 Å². The average Bonchev–Trinajstić information content (AvgIpc) is 2.68. The van der Waals surface area contributed by atoms with Crippen LogP contribution in [0.4, 0.5) is 4.39 Å². The number of aryl methyl sites for hydroxylation is 1. The van der Waals surface area contributed by atoms with E-state index in [9.17, 15) is 4.39 Å². The molecule has 4 heteroatoms. The topological polar surface area (TPSA) is 38.7 Å². The van der Waals surface area contributed by atoms with Crippen LogP contribution < -0.4 is 0 Å². The zero-order valence-electron chi connectivity index (χ0n) is 14.1. The number of benzene rings is 2. The van der Waals surface area contributed by atoms with Gasteiger partial charge >= 0.3 is 0 Å². The van der Waals surface area contributed by atoms with Gasteiger partial charge in [-0.1, -0.05) is 30.2 Å². The van der Waals surface area contributed by atoms with Crippen molar-refractivity contribution in [2.45, 2.75) is 6.92 Å². The highest BCUT2D eigenvalue weighted by Gasteiger charge is 2.07. The Labute approximate surface area is 150 Å². The van der Waals surface area contributed by atoms with Crippen molar-refractivity contribution in [1.82, 2.24) is 15.0 Å². The summed E-state index contributed by atoms with van der Waals surface area (Å²) in [5.41, 5.74) is 3.90. The van der Waals surface area contributed by atoms with Crippen molar-refractivity contribution in [2.24, 2.45) is 0 Å². The van der Waals surface area contributed by atoms with Gasteiger partial charge in [0, 0.05) is 17.1 Å². The molecule has 0 unspecified atom stereocenters. The molecular formula is C22H14FN3. The van der Waals surface area contributed by atoms with E-state index in [1.807, 2.05) is 43.3 Å². The number of aromatic nitrogens is 3. The number of para-hydroxylation sites is 1. The molecule has 124 valence electrons. The van der Waals surface area contributed by atoms with Gasteiger partial charge in [-0.2, -0.15) is 0 Å². The highest BCUT2D eigenvalue weighted by molar-refractivity contribution is 5.79. The van der Waals surface area contributed by atoms with Crippen molar-refractivity contribution >= 4 is 10.9 Å². The number of hydrogen-bond acceptors (Lipinski definition) is 3. The summed E-state index contributed by atoms with van der Waals surface area (Å²) in [4.78, 5) is 13.6. The zero-order valence-corrected chi connectivity index (χ0v) is 14.1. The Morgan fingerprint density at radius 1 is 0.846 bits per heavy atom. The number of fused-ring (bicyclic) bond motifs is 1. The predicted molar refractivity (Wildman–Crippen MR) is 99.9 cm³/mol. The van der Waals surface area contributed by atoms with E-state index in [-0.39, 0.29) is 5.82 Å². The quantitative estimate of drug-likeness (QED) is 0.478. The molecule has 4 rings (SSSR count). The molecule has 0 saturated carbocycles. The lowest BCUT2D eigenvalue weighted by Gasteiger charge is -2.04. The number of rotatable bonds is 1. The fourth-order valence-electron chi connectivity index (χ4n) is 2.54. The third-order valence-electron chi connectivity index (χ3n) is 3.98. The zero-order chi connectivity index (χ0) is 17.9. The molecule has 0 aliphatic heterocycles. The molecule has 0 radical (unpaired) electrons.